The van der Waals surface area contributed by atoms with Crippen LogP contribution in [0.25, 0.3) is 0 Å². The highest BCUT2D eigenvalue weighted by molar-refractivity contribution is 6.07. The summed E-state index contributed by atoms with van der Waals surface area (Å²) in [7, 11) is 4.66. The minimum atomic E-state index is -0.380. The summed E-state index contributed by atoms with van der Waals surface area (Å²) in [6.45, 7) is 0. The molecule has 0 unspecified atom stereocenters. The van der Waals surface area contributed by atoms with Gasteiger partial charge in [0.2, 0.25) is 11.7 Å². The zero-order valence-corrected chi connectivity index (χ0v) is 17.4. The van der Waals surface area contributed by atoms with Crippen LogP contribution in [-0.2, 0) is 9.59 Å². The van der Waals surface area contributed by atoms with Crippen LogP contribution in [0, 0.1) is 0 Å². The fraction of sp³-hybridized carbons (Fsp3) is 0.333. The standard InChI is InChI=1S/C24H25NO5/c1-28-20-13-12-16(23(29-2)24(20)30-3)17-14-21(27)25(15-8-5-4-6-9-15)18-10-7-11-19(26)22(17)18/h4-6,8-9,12-13,17H,7,10-11,14H2,1-3H3/t17-/m0/s1. The van der Waals surface area contributed by atoms with Crippen LogP contribution >= 0.6 is 0 Å². The van der Waals surface area contributed by atoms with Crippen LogP contribution in [-0.4, -0.2) is 33.0 Å². The van der Waals surface area contributed by atoms with Crippen molar-refractivity contribution in [3.8, 4) is 17.2 Å². The number of Topliss-reactive ketones (excluding diaryl/α,β-unsaturated/α-hetero) is 1. The summed E-state index contributed by atoms with van der Waals surface area (Å²) in [6.07, 6.45) is 2.10. The van der Waals surface area contributed by atoms with Crippen LogP contribution in [0.4, 0.5) is 5.69 Å². The SMILES string of the molecule is COc1ccc([C@@H]2CC(=O)N(c3ccccc3)C3=C2C(=O)CCC3)c(OC)c1OC. The van der Waals surface area contributed by atoms with E-state index in [4.69, 9.17) is 14.2 Å². The molecule has 2 aliphatic rings. The van der Waals surface area contributed by atoms with Crippen LogP contribution in [0.15, 0.2) is 53.7 Å². The lowest BCUT2D eigenvalue weighted by Gasteiger charge is -2.38. The van der Waals surface area contributed by atoms with Gasteiger partial charge in [0.05, 0.1) is 21.3 Å². The van der Waals surface area contributed by atoms with Crippen molar-refractivity contribution < 1.29 is 23.8 Å². The van der Waals surface area contributed by atoms with Crippen molar-refractivity contribution in [3.05, 3.63) is 59.3 Å². The van der Waals surface area contributed by atoms with Crippen molar-refractivity contribution in [1.29, 1.82) is 0 Å². The fourth-order valence-electron chi connectivity index (χ4n) is 4.53. The monoisotopic (exact) mass is 407 g/mol. The maximum Gasteiger partial charge on any atom is 0.232 e. The summed E-state index contributed by atoms with van der Waals surface area (Å²) in [6, 6.07) is 13.2. The molecule has 0 bridgehead atoms. The molecule has 1 amide bonds. The molecule has 1 heterocycles. The third-order valence-corrected chi connectivity index (χ3v) is 5.80. The van der Waals surface area contributed by atoms with Crippen LogP contribution < -0.4 is 19.1 Å². The van der Waals surface area contributed by atoms with Gasteiger partial charge in [0.25, 0.3) is 0 Å². The van der Waals surface area contributed by atoms with Gasteiger partial charge in [-0.3, -0.25) is 14.5 Å². The van der Waals surface area contributed by atoms with Crippen molar-refractivity contribution in [1.82, 2.24) is 0 Å². The summed E-state index contributed by atoms with van der Waals surface area (Å²) in [4.78, 5) is 28.1. The number of nitrogens with zero attached hydrogens (tertiary/aromatic N) is 1. The molecule has 0 fully saturated rings. The molecule has 0 N–H and O–H groups in total. The van der Waals surface area contributed by atoms with Crippen LogP contribution in [0.2, 0.25) is 0 Å². The lowest BCUT2D eigenvalue weighted by molar-refractivity contribution is -0.119. The summed E-state index contributed by atoms with van der Waals surface area (Å²) in [5.41, 5.74) is 3.06. The Kier molecular flexibility index (Phi) is 5.48. The second-order valence-electron chi connectivity index (χ2n) is 7.38. The lowest BCUT2D eigenvalue weighted by Crippen LogP contribution is -2.40. The number of amides is 1. The predicted molar refractivity (Wildman–Crippen MR) is 113 cm³/mol. The topological polar surface area (TPSA) is 65.1 Å². The minimum absolute atomic E-state index is 0.0310. The van der Waals surface area contributed by atoms with Gasteiger partial charge in [0, 0.05) is 41.3 Å². The average molecular weight is 407 g/mol. The van der Waals surface area contributed by atoms with Gasteiger partial charge in [-0.2, -0.15) is 0 Å². The molecule has 2 aromatic rings. The first-order valence-electron chi connectivity index (χ1n) is 10.0. The Balaban J connectivity index is 1.90. The van der Waals surface area contributed by atoms with E-state index in [1.165, 1.54) is 0 Å². The number of benzene rings is 2. The van der Waals surface area contributed by atoms with E-state index in [-0.39, 0.29) is 24.0 Å². The quantitative estimate of drug-likeness (QED) is 0.742. The van der Waals surface area contributed by atoms with Crippen molar-refractivity contribution in [2.45, 2.75) is 31.6 Å². The van der Waals surface area contributed by atoms with Gasteiger partial charge in [-0.1, -0.05) is 24.3 Å². The molecule has 0 aromatic heterocycles. The molecule has 0 saturated carbocycles. The molecule has 0 spiro atoms. The number of hydrogen-bond donors (Lipinski definition) is 0. The van der Waals surface area contributed by atoms with E-state index in [1.807, 2.05) is 36.4 Å². The molecule has 2 aromatic carbocycles. The normalized spacial score (nSPS) is 18.9. The number of rotatable bonds is 5. The van der Waals surface area contributed by atoms with Crippen molar-refractivity contribution in [2.75, 3.05) is 26.2 Å². The number of carbonyl (C=O) groups excluding carboxylic acids is 2. The zero-order chi connectivity index (χ0) is 21.3. The molecular weight excluding hydrogens is 382 g/mol. The molecule has 1 aliphatic carbocycles. The zero-order valence-electron chi connectivity index (χ0n) is 17.4. The van der Waals surface area contributed by atoms with Crippen LogP contribution in [0.5, 0.6) is 17.2 Å². The minimum Gasteiger partial charge on any atom is -0.493 e. The largest absolute Gasteiger partial charge is 0.493 e. The third-order valence-electron chi connectivity index (χ3n) is 5.80. The molecule has 156 valence electrons. The van der Waals surface area contributed by atoms with Gasteiger partial charge in [-0.15, -0.1) is 0 Å². The molecule has 6 heteroatoms. The van der Waals surface area contributed by atoms with Gasteiger partial charge >= 0.3 is 0 Å². The number of carbonyl (C=O) groups is 2. The highest BCUT2D eigenvalue weighted by atomic mass is 16.5. The number of ether oxygens (including phenoxy) is 3. The van der Waals surface area contributed by atoms with Gasteiger partial charge in [0.1, 0.15) is 0 Å². The molecule has 1 atom stereocenters. The van der Waals surface area contributed by atoms with E-state index in [0.717, 1.165) is 23.4 Å². The van der Waals surface area contributed by atoms with E-state index in [1.54, 1.807) is 32.3 Å². The Labute approximate surface area is 176 Å². The Hall–Kier alpha value is -3.28. The number of methoxy groups -OCH3 is 3. The highest BCUT2D eigenvalue weighted by Gasteiger charge is 2.41. The van der Waals surface area contributed by atoms with Crippen LogP contribution in [0.3, 0.4) is 0 Å². The first-order valence-corrected chi connectivity index (χ1v) is 10.0. The number of hydrogen-bond acceptors (Lipinski definition) is 5. The fourth-order valence-corrected chi connectivity index (χ4v) is 4.53. The van der Waals surface area contributed by atoms with Crippen molar-refractivity contribution in [2.24, 2.45) is 0 Å². The average Bonchev–Trinajstić information content (AvgIpc) is 2.78. The van der Waals surface area contributed by atoms with Gasteiger partial charge < -0.3 is 14.2 Å². The Morgan fingerprint density at radius 1 is 0.867 bits per heavy atom. The van der Waals surface area contributed by atoms with E-state index in [0.29, 0.717) is 35.7 Å². The summed E-state index contributed by atoms with van der Waals surface area (Å²) < 4.78 is 16.6. The maximum absolute atomic E-state index is 13.3. The van der Waals surface area contributed by atoms with Crippen LogP contribution in [0.1, 0.15) is 37.2 Å². The molecule has 4 rings (SSSR count). The van der Waals surface area contributed by atoms with Gasteiger partial charge in [0.15, 0.2) is 17.3 Å². The number of anilines is 1. The summed E-state index contributed by atoms with van der Waals surface area (Å²) in [5, 5.41) is 0. The van der Waals surface area contributed by atoms with E-state index in [9.17, 15) is 9.59 Å². The molecular formula is C24H25NO5. The molecule has 30 heavy (non-hydrogen) atoms. The van der Waals surface area contributed by atoms with E-state index in [2.05, 4.69) is 0 Å². The number of allylic oxidation sites excluding steroid dienone is 2. The van der Waals surface area contributed by atoms with E-state index >= 15 is 0 Å². The summed E-state index contributed by atoms with van der Waals surface area (Å²) in [5.74, 6) is 1.17. The third kappa shape index (κ3) is 3.22. The second kappa shape index (κ2) is 8.22. The first kappa shape index (κ1) is 20.0. The predicted octanol–water partition coefficient (Wildman–Crippen LogP) is 4.24. The van der Waals surface area contributed by atoms with Crippen molar-refractivity contribution in [3.63, 3.8) is 0 Å². The lowest BCUT2D eigenvalue weighted by atomic mass is 9.76. The van der Waals surface area contributed by atoms with Gasteiger partial charge in [-0.25, -0.2) is 0 Å². The summed E-state index contributed by atoms with van der Waals surface area (Å²) >= 11 is 0. The Morgan fingerprint density at radius 3 is 2.27 bits per heavy atom. The molecule has 0 radical (unpaired) electrons. The smallest absolute Gasteiger partial charge is 0.232 e. The number of ketones is 1. The molecule has 6 nitrogen and oxygen atoms in total. The van der Waals surface area contributed by atoms with E-state index < -0.39 is 0 Å². The van der Waals surface area contributed by atoms with Crippen molar-refractivity contribution >= 4 is 17.4 Å². The molecule has 1 aliphatic heterocycles. The Bertz CT molecular complexity index is 1010. The Morgan fingerprint density at radius 2 is 1.60 bits per heavy atom. The second-order valence-corrected chi connectivity index (χ2v) is 7.38. The molecule has 0 saturated heterocycles. The number of para-hydroxylation sites is 1. The highest BCUT2D eigenvalue weighted by Crippen LogP contribution is 2.49. The van der Waals surface area contributed by atoms with Gasteiger partial charge in [-0.05, 0) is 31.0 Å². The first-order chi connectivity index (χ1) is 14.6. The maximum atomic E-state index is 13.3.